The highest BCUT2D eigenvalue weighted by atomic mass is 16.4. The van der Waals surface area contributed by atoms with Gasteiger partial charge in [0.25, 0.3) is 0 Å². The van der Waals surface area contributed by atoms with E-state index in [-0.39, 0.29) is 5.69 Å². The van der Waals surface area contributed by atoms with Crippen LogP contribution in [0.3, 0.4) is 0 Å². The number of aromatic carboxylic acids is 1. The molecule has 1 aromatic rings. The molecule has 3 heteroatoms. The first-order valence-corrected chi connectivity index (χ1v) is 4.42. The maximum atomic E-state index is 10.6. The Hall–Kier alpha value is -1.64. The van der Waals surface area contributed by atoms with Crippen molar-refractivity contribution in [1.29, 1.82) is 0 Å². The molecule has 0 spiro atoms. The van der Waals surface area contributed by atoms with Gasteiger partial charge in [-0.05, 0) is 37.5 Å². The molecular weight excluding hydrogens is 178 g/mol. The molecule has 0 saturated carbocycles. The fourth-order valence-electron chi connectivity index (χ4n) is 1.10. The van der Waals surface area contributed by atoms with Crippen molar-refractivity contribution in [1.82, 2.24) is 4.98 Å². The van der Waals surface area contributed by atoms with Gasteiger partial charge in [-0.25, -0.2) is 9.78 Å². The van der Waals surface area contributed by atoms with Gasteiger partial charge in [-0.1, -0.05) is 5.57 Å². The number of nitrogens with zero attached hydrogens (tertiary/aromatic N) is 1. The molecule has 0 aliphatic heterocycles. The number of carboxylic acid groups (broad SMARTS) is 1. The fraction of sp³-hybridized carbons (Fsp3) is 0.273. The van der Waals surface area contributed by atoms with Gasteiger partial charge in [0.05, 0.1) is 0 Å². The predicted molar refractivity (Wildman–Crippen MR) is 54.3 cm³/mol. The van der Waals surface area contributed by atoms with Crippen LogP contribution >= 0.6 is 0 Å². The number of allylic oxidation sites excluding steroid dienone is 1. The van der Waals surface area contributed by atoms with E-state index in [1.54, 1.807) is 6.07 Å². The molecule has 0 radical (unpaired) electrons. The second kappa shape index (κ2) is 4.56. The zero-order valence-electron chi connectivity index (χ0n) is 8.16. The Balaban J connectivity index is 2.73. The Labute approximate surface area is 83.1 Å². The Morgan fingerprint density at radius 3 is 2.93 bits per heavy atom. The number of aryl methyl sites for hydroxylation is 1. The zero-order valence-corrected chi connectivity index (χ0v) is 8.16. The predicted octanol–water partition coefficient (Wildman–Crippen LogP) is 2.29. The minimum Gasteiger partial charge on any atom is -0.477 e. The molecule has 1 aromatic heterocycles. The van der Waals surface area contributed by atoms with Gasteiger partial charge in [0.2, 0.25) is 0 Å². The van der Waals surface area contributed by atoms with Crippen molar-refractivity contribution < 1.29 is 9.90 Å². The van der Waals surface area contributed by atoms with Gasteiger partial charge in [0, 0.05) is 6.20 Å². The number of aromatic nitrogens is 1. The highest BCUT2D eigenvalue weighted by molar-refractivity contribution is 5.85. The van der Waals surface area contributed by atoms with Gasteiger partial charge in [0.1, 0.15) is 5.69 Å². The van der Waals surface area contributed by atoms with E-state index in [4.69, 9.17) is 5.11 Å². The van der Waals surface area contributed by atoms with Crippen LogP contribution in [0, 0.1) is 0 Å². The first kappa shape index (κ1) is 10.4. The van der Waals surface area contributed by atoms with Crippen LogP contribution in [0.15, 0.2) is 30.5 Å². The minimum atomic E-state index is -0.984. The Morgan fingerprint density at radius 2 is 2.36 bits per heavy atom. The van der Waals surface area contributed by atoms with Crippen LogP contribution in [0.25, 0.3) is 0 Å². The summed E-state index contributed by atoms with van der Waals surface area (Å²) < 4.78 is 0. The van der Waals surface area contributed by atoms with Crippen molar-refractivity contribution in [3.63, 3.8) is 0 Å². The number of hydrogen-bond donors (Lipinski definition) is 1. The van der Waals surface area contributed by atoms with Gasteiger partial charge in [0.15, 0.2) is 0 Å². The fourth-order valence-corrected chi connectivity index (χ4v) is 1.10. The molecule has 74 valence electrons. The van der Waals surface area contributed by atoms with Crippen molar-refractivity contribution in [2.75, 3.05) is 0 Å². The summed E-state index contributed by atoms with van der Waals surface area (Å²) in [5.74, 6) is -0.984. The highest BCUT2D eigenvalue weighted by Gasteiger charge is 2.04. The molecule has 1 heterocycles. The van der Waals surface area contributed by atoms with Gasteiger partial charge in [-0.15, -0.1) is 6.58 Å². The maximum absolute atomic E-state index is 10.6. The van der Waals surface area contributed by atoms with Crippen LogP contribution in [0.2, 0.25) is 0 Å². The van der Waals surface area contributed by atoms with Crippen LogP contribution in [0.5, 0.6) is 0 Å². The molecular formula is C11H13NO2. The number of hydrogen-bond acceptors (Lipinski definition) is 2. The largest absolute Gasteiger partial charge is 0.477 e. The quantitative estimate of drug-likeness (QED) is 0.743. The summed E-state index contributed by atoms with van der Waals surface area (Å²) in [6.45, 7) is 5.75. The molecule has 0 aromatic carbocycles. The normalized spacial score (nSPS) is 9.79. The van der Waals surface area contributed by atoms with Crippen LogP contribution in [0.4, 0.5) is 0 Å². The SMILES string of the molecule is C=C(C)CCc1ccnc(C(=O)O)c1. The zero-order chi connectivity index (χ0) is 10.6. The lowest BCUT2D eigenvalue weighted by molar-refractivity contribution is 0.0690. The first-order chi connectivity index (χ1) is 6.59. The summed E-state index contributed by atoms with van der Waals surface area (Å²) in [5.41, 5.74) is 2.18. The summed E-state index contributed by atoms with van der Waals surface area (Å²) in [4.78, 5) is 14.4. The van der Waals surface area contributed by atoms with Crippen molar-refractivity contribution in [2.45, 2.75) is 19.8 Å². The van der Waals surface area contributed by atoms with E-state index in [1.165, 1.54) is 6.20 Å². The smallest absolute Gasteiger partial charge is 0.354 e. The van der Waals surface area contributed by atoms with E-state index >= 15 is 0 Å². The van der Waals surface area contributed by atoms with E-state index in [2.05, 4.69) is 11.6 Å². The highest BCUT2D eigenvalue weighted by Crippen LogP contribution is 2.08. The lowest BCUT2D eigenvalue weighted by Gasteiger charge is -2.01. The van der Waals surface area contributed by atoms with Crippen LogP contribution in [0.1, 0.15) is 29.4 Å². The average molecular weight is 191 g/mol. The van der Waals surface area contributed by atoms with Crippen molar-refractivity contribution in [2.24, 2.45) is 0 Å². The molecule has 1 N–H and O–H groups in total. The second-order valence-corrected chi connectivity index (χ2v) is 3.31. The molecule has 0 atom stereocenters. The number of rotatable bonds is 4. The summed E-state index contributed by atoms with van der Waals surface area (Å²) in [6.07, 6.45) is 3.22. The second-order valence-electron chi connectivity index (χ2n) is 3.31. The molecule has 0 saturated heterocycles. The molecule has 3 nitrogen and oxygen atoms in total. The van der Waals surface area contributed by atoms with Crippen molar-refractivity contribution >= 4 is 5.97 Å². The van der Waals surface area contributed by atoms with Crippen molar-refractivity contribution in [3.8, 4) is 0 Å². The van der Waals surface area contributed by atoms with Gasteiger partial charge in [-0.3, -0.25) is 0 Å². The molecule has 0 fully saturated rings. The van der Waals surface area contributed by atoms with Crippen LogP contribution in [-0.2, 0) is 6.42 Å². The molecule has 1 rings (SSSR count). The lowest BCUT2D eigenvalue weighted by atomic mass is 10.1. The molecule has 0 unspecified atom stereocenters. The standard InChI is InChI=1S/C11H13NO2/c1-8(2)3-4-9-5-6-12-10(7-9)11(13)14/h5-7H,1,3-4H2,2H3,(H,13,14). The van der Waals surface area contributed by atoms with Gasteiger partial charge < -0.3 is 5.11 Å². The first-order valence-electron chi connectivity index (χ1n) is 4.42. The van der Waals surface area contributed by atoms with E-state index in [1.807, 2.05) is 13.0 Å². The minimum absolute atomic E-state index is 0.101. The van der Waals surface area contributed by atoms with E-state index in [9.17, 15) is 4.79 Å². The van der Waals surface area contributed by atoms with E-state index < -0.39 is 5.97 Å². The molecule has 0 amide bonds. The third-order valence-electron chi connectivity index (χ3n) is 1.88. The maximum Gasteiger partial charge on any atom is 0.354 e. The summed E-state index contributed by atoms with van der Waals surface area (Å²) in [5, 5.41) is 8.71. The topological polar surface area (TPSA) is 50.2 Å². The molecule has 0 aliphatic rings. The summed E-state index contributed by atoms with van der Waals surface area (Å²) in [6, 6.07) is 3.43. The lowest BCUT2D eigenvalue weighted by Crippen LogP contribution is -2.00. The van der Waals surface area contributed by atoms with Gasteiger partial charge >= 0.3 is 5.97 Å². The monoisotopic (exact) mass is 191 g/mol. The Bertz CT molecular complexity index is 358. The third kappa shape index (κ3) is 3.01. The Morgan fingerprint density at radius 1 is 1.64 bits per heavy atom. The van der Waals surface area contributed by atoms with Crippen LogP contribution < -0.4 is 0 Å². The number of pyridine rings is 1. The van der Waals surface area contributed by atoms with Crippen LogP contribution in [-0.4, -0.2) is 16.1 Å². The molecule has 0 aliphatic carbocycles. The van der Waals surface area contributed by atoms with Gasteiger partial charge in [-0.2, -0.15) is 0 Å². The molecule has 0 bridgehead atoms. The Kier molecular flexibility index (Phi) is 3.40. The third-order valence-corrected chi connectivity index (χ3v) is 1.88. The van der Waals surface area contributed by atoms with Crippen molar-refractivity contribution in [3.05, 3.63) is 41.7 Å². The summed E-state index contributed by atoms with van der Waals surface area (Å²) >= 11 is 0. The van der Waals surface area contributed by atoms with E-state index in [0.717, 1.165) is 24.0 Å². The van der Waals surface area contributed by atoms with E-state index in [0.29, 0.717) is 0 Å². The summed E-state index contributed by atoms with van der Waals surface area (Å²) in [7, 11) is 0. The average Bonchev–Trinajstić information content (AvgIpc) is 2.15. The molecule has 14 heavy (non-hydrogen) atoms. The number of carbonyl (C=O) groups is 1. The number of carboxylic acids is 1.